The van der Waals surface area contributed by atoms with Crippen molar-refractivity contribution in [2.45, 2.75) is 26.4 Å². The van der Waals surface area contributed by atoms with Gasteiger partial charge in [0.05, 0.1) is 12.2 Å². The second kappa shape index (κ2) is 6.10. The Morgan fingerprint density at radius 2 is 2.20 bits per heavy atom. The first-order valence-electron chi connectivity index (χ1n) is 6.30. The van der Waals surface area contributed by atoms with Gasteiger partial charge < -0.3 is 5.32 Å². The van der Waals surface area contributed by atoms with Crippen molar-refractivity contribution in [1.82, 2.24) is 20.3 Å². The molecule has 2 aromatic rings. The summed E-state index contributed by atoms with van der Waals surface area (Å²) in [6, 6.07) is 7.81. The molecule has 1 aromatic heterocycles. The van der Waals surface area contributed by atoms with Crippen LogP contribution in [-0.4, -0.2) is 27.2 Å². The smallest absolute Gasteiger partial charge is 0.242 e. The van der Waals surface area contributed by atoms with E-state index in [4.69, 9.17) is 0 Å². The van der Waals surface area contributed by atoms with Crippen molar-refractivity contribution < 1.29 is 9.59 Å². The van der Waals surface area contributed by atoms with Crippen LogP contribution in [0.1, 0.15) is 34.6 Å². The van der Waals surface area contributed by atoms with E-state index in [0.717, 1.165) is 11.1 Å². The molecule has 6 heteroatoms. The first kappa shape index (κ1) is 13.9. The molecule has 1 aromatic carbocycles. The van der Waals surface area contributed by atoms with Crippen LogP contribution in [0.25, 0.3) is 0 Å². The third-order valence-electron chi connectivity index (χ3n) is 3.02. The molecule has 1 amide bonds. The van der Waals surface area contributed by atoms with Gasteiger partial charge in [-0.15, -0.1) is 5.10 Å². The van der Waals surface area contributed by atoms with Crippen LogP contribution < -0.4 is 5.32 Å². The zero-order valence-electron chi connectivity index (χ0n) is 11.4. The van der Waals surface area contributed by atoms with Crippen molar-refractivity contribution in [2.24, 2.45) is 0 Å². The molecule has 0 saturated heterocycles. The van der Waals surface area contributed by atoms with E-state index in [1.165, 1.54) is 10.9 Å². The lowest BCUT2D eigenvalue weighted by molar-refractivity contribution is -0.122. The van der Waals surface area contributed by atoms with Crippen LogP contribution >= 0.6 is 0 Å². The number of nitrogens with zero attached hydrogens (tertiary/aromatic N) is 3. The number of hydrogen-bond acceptors (Lipinski definition) is 4. The Bertz CT molecular complexity index is 621. The van der Waals surface area contributed by atoms with E-state index < -0.39 is 0 Å². The Morgan fingerprint density at radius 1 is 1.45 bits per heavy atom. The van der Waals surface area contributed by atoms with Gasteiger partial charge in [-0.25, -0.2) is 4.68 Å². The summed E-state index contributed by atoms with van der Waals surface area (Å²) in [6.45, 7) is 3.97. The molecule has 20 heavy (non-hydrogen) atoms. The van der Waals surface area contributed by atoms with Gasteiger partial charge in [-0.2, -0.15) is 0 Å². The van der Waals surface area contributed by atoms with Gasteiger partial charge >= 0.3 is 0 Å². The van der Waals surface area contributed by atoms with Crippen molar-refractivity contribution in [3.8, 4) is 0 Å². The van der Waals surface area contributed by atoms with Gasteiger partial charge in [-0.1, -0.05) is 29.5 Å². The second-order valence-corrected chi connectivity index (χ2v) is 4.60. The highest BCUT2D eigenvalue weighted by Crippen LogP contribution is 2.16. The van der Waals surface area contributed by atoms with Gasteiger partial charge in [0.25, 0.3) is 0 Å². The number of aryl methyl sites for hydroxylation is 1. The van der Waals surface area contributed by atoms with Gasteiger partial charge in [0, 0.05) is 0 Å². The summed E-state index contributed by atoms with van der Waals surface area (Å²) < 4.78 is 1.34. The summed E-state index contributed by atoms with van der Waals surface area (Å²) in [6.07, 6.45) is 2.03. The molecule has 0 aliphatic heterocycles. The predicted molar refractivity (Wildman–Crippen MR) is 73.1 cm³/mol. The molecule has 6 nitrogen and oxygen atoms in total. The minimum atomic E-state index is -0.178. The quantitative estimate of drug-likeness (QED) is 0.832. The Morgan fingerprint density at radius 3 is 2.85 bits per heavy atom. The second-order valence-electron chi connectivity index (χ2n) is 4.60. The molecule has 0 fully saturated rings. The molecular weight excluding hydrogens is 256 g/mol. The lowest BCUT2D eigenvalue weighted by Gasteiger charge is -2.16. The molecule has 1 unspecified atom stereocenters. The van der Waals surface area contributed by atoms with E-state index in [0.29, 0.717) is 6.29 Å². The molecule has 104 valence electrons. The normalized spacial score (nSPS) is 11.9. The average Bonchev–Trinajstić information content (AvgIpc) is 2.86. The zero-order valence-corrected chi connectivity index (χ0v) is 11.4. The van der Waals surface area contributed by atoms with Crippen LogP contribution in [0.15, 0.2) is 30.5 Å². The van der Waals surface area contributed by atoms with Crippen LogP contribution in [0.3, 0.4) is 0 Å². The summed E-state index contributed by atoms with van der Waals surface area (Å²) in [4.78, 5) is 22.4. The van der Waals surface area contributed by atoms with Gasteiger partial charge in [-0.3, -0.25) is 9.59 Å². The van der Waals surface area contributed by atoms with Gasteiger partial charge in [0.15, 0.2) is 6.29 Å². The molecule has 1 heterocycles. The fourth-order valence-corrected chi connectivity index (χ4v) is 2.03. The van der Waals surface area contributed by atoms with Crippen molar-refractivity contribution in [3.05, 3.63) is 47.3 Å². The third-order valence-corrected chi connectivity index (χ3v) is 3.02. The number of aromatic nitrogens is 3. The summed E-state index contributed by atoms with van der Waals surface area (Å²) in [7, 11) is 0. The van der Waals surface area contributed by atoms with E-state index >= 15 is 0 Å². The molecule has 2 rings (SSSR count). The fraction of sp³-hybridized carbons (Fsp3) is 0.286. The minimum Gasteiger partial charge on any atom is -0.348 e. The van der Waals surface area contributed by atoms with Crippen LogP contribution in [0.2, 0.25) is 0 Å². The summed E-state index contributed by atoms with van der Waals surface area (Å²) in [5, 5.41) is 10.2. The number of hydrogen-bond donors (Lipinski definition) is 1. The Kier molecular flexibility index (Phi) is 4.24. The molecule has 0 spiro atoms. The number of benzene rings is 1. The number of carbonyl (C=O) groups is 2. The topological polar surface area (TPSA) is 76.9 Å². The summed E-state index contributed by atoms with van der Waals surface area (Å²) >= 11 is 0. The van der Waals surface area contributed by atoms with E-state index in [2.05, 4.69) is 15.6 Å². The maximum Gasteiger partial charge on any atom is 0.242 e. The molecule has 1 N–H and O–H groups in total. The van der Waals surface area contributed by atoms with Crippen LogP contribution in [0.4, 0.5) is 0 Å². The van der Waals surface area contributed by atoms with E-state index in [1.807, 2.05) is 38.1 Å². The van der Waals surface area contributed by atoms with Crippen molar-refractivity contribution in [3.63, 3.8) is 0 Å². The first-order valence-corrected chi connectivity index (χ1v) is 6.30. The van der Waals surface area contributed by atoms with Gasteiger partial charge in [0.1, 0.15) is 12.2 Å². The van der Waals surface area contributed by atoms with E-state index in [9.17, 15) is 9.59 Å². The lowest BCUT2D eigenvalue weighted by Crippen LogP contribution is -2.30. The molecule has 0 aliphatic rings. The third kappa shape index (κ3) is 3.28. The Balaban J connectivity index is 1.97. The molecule has 0 saturated carbocycles. The standard InChI is InChI=1S/C14H16N4O2/c1-10-5-3-4-6-13(10)11(2)15-14(20)8-18-7-12(9-19)16-17-18/h3-7,9,11H,8H2,1-2H3,(H,15,20). The van der Waals surface area contributed by atoms with Crippen LogP contribution in [-0.2, 0) is 11.3 Å². The number of carbonyl (C=O) groups excluding carboxylic acids is 2. The molecular formula is C14H16N4O2. The lowest BCUT2D eigenvalue weighted by atomic mass is 10.0. The number of nitrogens with one attached hydrogen (secondary N) is 1. The summed E-state index contributed by atoms with van der Waals surface area (Å²) in [5.41, 5.74) is 2.42. The number of rotatable bonds is 5. The molecule has 0 aliphatic carbocycles. The highest BCUT2D eigenvalue weighted by molar-refractivity contribution is 5.76. The SMILES string of the molecule is Cc1ccccc1C(C)NC(=O)Cn1cc(C=O)nn1. The first-order chi connectivity index (χ1) is 9.60. The summed E-state index contributed by atoms with van der Waals surface area (Å²) in [5.74, 6) is -0.178. The van der Waals surface area contributed by atoms with Gasteiger partial charge in [-0.05, 0) is 25.0 Å². The maximum absolute atomic E-state index is 11.9. The van der Waals surface area contributed by atoms with Crippen LogP contribution in [0, 0.1) is 6.92 Å². The predicted octanol–water partition coefficient (Wildman–Crippen LogP) is 1.28. The number of aldehydes is 1. The average molecular weight is 272 g/mol. The minimum absolute atomic E-state index is 0.0388. The van der Waals surface area contributed by atoms with Crippen molar-refractivity contribution in [1.29, 1.82) is 0 Å². The van der Waals surface area contributed by atoms with Crippen molar-refractivity contribution in [2.75, 3.05) is 0 Å². The number of amides is 1. The zero-order chi connectivity index (χ0) is 14.5. The van der Waals surface area contributed by atoms with Crippen LogP contribution in [0.5, 0.6) is 0 Å². The fourth-order valence-electron chi connectivity index (χ4n) is 2.03. The van der Waals surface area contributed by atoms with E-state index in [-0.39, 0.29) is 24.2 Å². The molecule has 0 bridgehead atoms. The van der Waals surface area contributed by atoms with Gasteiger partial charge in [0.2, 0.25) is 5.91 Å². The highest BCUT2D eigenvalue weighted by Gasteiger charge is 2.12. The largest absolute Gasteiger partial charge is 0.348 e. The van der Waals surface area contributed by atoms with E-state index in [1.54, 1.807) is 0 Å². The maximum atomic E-state index is 11.9. The molecule has 1 atom stereocenters. The van der Waals surface area contributed by atoms with Crippen molar-refractivity contribution >= 4 is 12.2 Å². The Labute approximate surface area is 116 Å². The highest BCUT2D eigenvalue weighted by atomic mass is 16.2. The molecule has 0 radical (unpaired) electrons. The Hall–Kier alpha value is -2.50. The monoisotopic (exact) mass is 272 g/mol.